The Morgan fingerprint density at radius 2 is 1.96 bits per heavy atom. The molecule has 0 N–H and O–H groups in total. The molecule has 8 heteroatoms. The van der Waals surface area contributed by atoms with E-state index in [4.69, 9.17) is 9.47 Å². The number of aryl methyl sites for hydroxylation is 1. The fraction of sp³-hybridized carbons (Fsp3) is 0.600. The van der Waals surface area contributed by atoms with Crippen LogP contribution in [-0.4, -0.2) is 44.7 Å². The summed E-state index contributed by atoms with van der Waals surface area (Å²) in [5.74, 6) is 6.84. The Morgan fingerprint density at radius 3 is 2.75 bits per heavy atom. The number of thioether (sulfide) groups is 1. The molecule has 0 unspecified atom stereocenters. The zero-order valence-electron chi connectivity index (χ0n) is 16.9. The SMILES string of the molecule is CCCCCCC#CCCOc1c2ncnc(SCC(=O)OCC)c2nn1C. The Morgan fingerprint density at radius 1 is 1.14 bits per heavy atom. The first-order valence-corrected chi connectivity index (χ1v) is 10.7. The van der Waals surface area contributed by atoms with E-state index in [1.807, 2.05) is 0 Å². The smallest absolute Gasteiger partial charge is 0.316 e. The molecule has 0 saturated carbocycles. The normalized spacial score (nSPS) is 10.5. The van der Waals surface area contributed by atoms with E-state index in [9.17, 15) is 4.79 Å². The van der Waals surface area contributed by atoms with Crippen LogP contribution in [0.5, 0.6) is 5.88 Å². The predicted octanol–water partition coefficient (Wildman–Crippen LogP) is 3.76. The van der Waals surface area contributed by atoms with Gasteiger partial charge in [-0.25, -0.2) is 14.6 Å². The second kappa shape index (κ2) is 12.2. The first kappa shape index (κ1) is 22.0. The Bertz CT molecular complexity index is 826. The second-order valence-corrected chi connectivity index (χ2v) is 7.13. The molecule has 7 nitrogen and oxygen atoms in total. The van der Waals surface area contributed by atoms with E-state index < -0.39 is 0 Å². The topological polar surface area (TPSA) is 79.1 Å². The number of fused-ring (bicyclic) bond motifs is 1. The molecule has 0 aliphatic carbocycles. The van der Waals surface area contributed by atoms with Crippen molar-refractivity contribution in [2.45, 2.75) is 57.4 Å². The minimum Gasteiger partial charge on any atom is -0.475 e. The number of esters is 1. The summed E-state index contributed by atoms with van der Waals surface area (Å²) in [6.45, 7) is 4.83. The van der Waals surface area contributed by atoms with Crippen LogP contribution < -0.4 is 4.74 Å². The maximum absolute atomic E-state index is 11.6. The van der Waals surface area contributed by atoms with Crippen molar-refractivity contribution in [2.24, 2.45) is 7.05 Å². The van der Waals surface area contributed by atoms with Crippen LogP contribution in [0.4, 0.5) is 0 Å². The lowest BCUT2D eigenvalue weighted by Gasteiger charge is -2.04. The van der Waals surface area contributed by atoms with Gasteiger partial charge in [0.25, 0.3) is 0 Å². The van der Waals surface area contributed by atoms with Gasteiger partial charge in [0.2, 0.25) is 5.88 Å². The van der Waals surface area contributed by atoms with Crippen molar-refractivity contribution in [3.8, 4) is 17.7 Å². The number of aromatic nitrogens is 4. The van der Waals surface area contributed by atoms with E-state index in [1.165, 1.54) is 37.4 Å². The summed E-state index contributed by atoms with van der Waals surface area (Å²) in [6, 6.07) is 0. The molecule has 0 saturated heterocycles. The molecular weight excluding hydrogens is 376 g/mol. The van der Waals surface area contributed by atoms with Gasteiger partial charge >= 0.3 is 5.97 Å². The lowest BCUT2D eigenvalue weighted by atomic mass is 10.1. The summed E-state index contributed by atoms with van der Waals surface area (Å²) < 4.78 is 12.5. The number of hydrogen-bond donors (Lipinski definition) is 0. The quantitative estimate of drug-likeness (QED) is 0.185. The van der Waals surface area contributed by atoms with Crippen molar-refractivity contribution >= 4 is 28.8 Å². The minimum absolute atomic E-state index is 0.181. The third kappa shape index (κ3) is 6.71. The molecule has 0 radical (unpaired) electrons. The fourth-order valence-corrected chi connectivity index (χ4v) is 3.30. The van der Waals surface area contributed by atoms with Gasteiger partial charge in [-0.3, -0.25) is 4.79 Å². The van der Waals surface area contributed by atoms with E-state index in [2.05, 4.69) is 33.8 Å². The van der Waals surface area contributed by atoms with E-state index in [0.29, 0.717) is 41.6 Å². The van der Waals surface area contributed by atoms with Gasteiger partial charge in [0.05, 0.1) is 12.4 Å². The van der Waals surface area contributed by atoms with Crippen LogP contribution >= 0.6 is 11.8 Å². The Kier molecular flexibility index (Phi) is 9.63. The third-order valence-corrected chi connectivity index (χ3v) is 4.87. The summed E-state index contributed by atoms with van der Waals surface area (Å²) in [4.78, 5) is 20.1. The summed E-state index contributed by atoms with van der Waals surface area (Å²) in [7, 11) is 1.80. The highest BCUT2D eigenvalue weighted by Crippen LogP contribution is 2.29. The Balaban J connectivity index is 1.91. The molecule has 28 heavy (non-hydrogen) atoms. The van der Waals surface area contributed by atoms with Gasteiger partial charge < -0.3 is 9.47 Å². The zero-order chi connectivity index (χ0) is 20.2. The summed E-state index contributed by atoms with van der Waals surface area (Å²) in [5, 5.41) is 5.09. The third-order valence-electron chi connectivity index (χ3n) is 3.91. The fourth-order valence-electron chi connectivity index (χ4n) is 2.57. The highest BCUT2D eigenvalue weighted by atomic mass is 32.2. The van der Waals surface area contributed by atoms with Crippen LogP contribution in [-0.2, 0) is 16.6 Å². The maximum atomic E-state index is 11.6. The first-order chi connectivity index (χ1) is 13.7. The van der Waals surface area contributed by atoms with Crippen molar-refractivity contribution in [2.75, 3.05) is 19.0 Å². The molecule has 0 aromatic carbocycles. The zero-order valence-corrected chi connectivity index (χ0v) is 17.7. The molecule has 0 fully saturated rings. The van der Waals surface area contributed by atoms with Crippen molar-refractivity contribution in [3.63, 3.8) is 0 Å². The van der Waals surface area contributed by atoms with Crippen molar-refractivity contribution in [1.82, 2.24) is 19.7 Å². The van der Waals surface area contributed by atoms with Gasteiger partial charge in [-0.2, -0.15) is 5.10 Å². The van der Waals surface area contributed by atoms with Crippen molar-refractivity contribution < 1.29 is 14.3 Å². The van der Waals surface area contributed by atoms with Gasteiger partial charge in [-0.15, -0.1) is 5.92 Å². The predicted molar refractivity (Wildman–Crippen MR) is 110 cm³/mol. The number of ether oxygens (including phenoxy) is 2. The van der Waals surface area contributed by atoms with Crippen LogP contribution in [0, 0.1) is 11.8 Å². The number of unbranched alkanes of at least 4 members (excludes halogenated alkanes) is 4. The van der Waals surface area contributed by atoms with E-state index >= 15 is 0 Å². The average molecular weight is 405 g/mol. The average Bonchev–Trinajstić information content (AvgIpc) is 3.01. The first-order valence-electron chi connectivity index (χ1n) is 9.72. The van der Waals surface area contributed by atoms with Gasteiger partial charge in [-0.1, -0.05) is 43.9 Å². The maximum Gasteiger partial charge on any atom is 0.316 e. The highest BCUT2D eigenvalue weighted by Gasteiger charge is 2.17. The lowest BCUT2D eigenvalue weighted by Crippen LogP contribution is -2.06. The molecule has 0 aliphatic heterocycles. The van der Waals surface area contributed by atoms with E-state index in [0.717, 1.165) is 12.8 Å². The van der Waals surface area contributed by atoms with Crippen molar-refractivity contribution in [1.29, 1.82) is 0 Å². The lowest BCUT2D eigenvalue weighted by molar-refractivity contribution is -0.139. The van der Waals surface area contributed by atoms with Gasteiger partial charge in [0.15, 0.2) is 5.52 Å². The van der Waals surface area contributed by atoms with Crippen molar-refractivity contribution in [3.05, 3.63) is 6.33 Å². The van der Waals surface area contributed by atoms with Crippen LogP contribution in [0.1, 0.15) is 52.4 Å². The van der Waals surface area contributed by atoms with Crippen LogP contribution in [0.15, 0.2) is 11.4 Å². The molecule has 0 amide bonds. The van der Waals surface area contributed by atoms with E-state index in [1.54, 1.807) is 18.7 Å². The molecule has 2 aromatic heterocycles. The molecular formula is C20H28N4O3S. The molecule has 0 atom stereocenters. The summed E-state index contributed by atoms with van der Waals surface area (Å²) in [6.07, 6.45) is 8.00. The monoisotopic (exact) mass is 404 g/mol. The molecule has 2 heterocycles. The molecule has 2 aromatic rings. The number of hydrogen-bond acceptors (Lipinski definition) is 7. The molecule has 0 bridgehead atoms. The Hall–Kier alpha value is -2.27. The van der Waals surface area contributed by atoms with Crippen LogP contribution in [0.2, 0.25) is 0 Å². The van der Waals surface area contributed by atoms with Crippen LogP contribution in [0.25, 0.3) is 11.0 Å². The van der Waals surface area contributed by atoms with Crippen LogP contribution in [0.3, 0.4) is 0 Å². The minimum atomic E-state index is -0.278. The standard InChI is InChI=1S/C20H28N4O3S/c1-4-6-7-8-9-10-11-12-13-27-20-18-17(23-24(20)3)19(22-15-21-18)28-14-16(25)26-5-2/h15H,4-9,12-14H2,1-3H3. The Labute approximate surface area is 170 Å². The number of carbonyl (C=O) groups excluding carboxylic acids is 1. The van der Waals surface area contributed by atoms with Gasteiger partial charge in [-0.05, 0) is 13.3 Å². The molecule has 0 spiro atoms. The molecule has 2 rings (SSSR count). The molecule has 152 valence electrons. The number of rotatable bonds is 11. The largest absolute Gasteiger partial charge is 0.475 e. The van der Waals surface area contributed by atoms with Gasteiger partial charge in [0, 0.05) is 19.9 Å². The number of nitrogens with zero attached hydrogens (tertiary/aromatic N) is 4. The van der Waals surface area contributed by atoms with Gasteiger partial charge in [0.1, 0.15) is 23.5 Å². The number of carbonyl (C=O) groups is 1. The molecule has 0 aliphatic rings. The summed E-state index contributed by atoms with van der Waals surface area (Å²) >= 11 is 1.28. The second-order valence-electron chi connectivity index (χ2n) is 6.16. The highest BCUT2D eigenvalue weighted by molar-refractivity contribution is 8.00. The van der Waals surface area contributed by atoms with E-state index in [-0.39, 0.29) is 11.7 Å². The summed E-state index contributed by atoms with van der Waals surface area (Å²) in [5.41, 5.74) is 1.26.